The molecular weight excluding hydrogens is 222 g/mol. The van der Waals surface area contributed by atoms with Crippen molar-refractivity contribution in [2.24, 2.45) is 0 Å². The monoisotopic (exact) mass is 249 g/mol. The van der Waals surface area contributed by atoms with Crippen LogP contribution in [-0.4, -0.2) is 13.2 Å². The van der Waals surface area contributed by atoms with E-state index in [4.69, 9.17) is 4.74 Å². The summed E-state index contributed by atoms with van der Waals surface area (Å²) in [5, 5.41) is 3.32. The van der Waals surface area contributed by atoms with Crippen LogP contribution in [-0.2, 0) is 17.9 Å². The van der Waals surface area contributed by atoms with Crippen LogP contribution < -0.4 is 5.32 Å². The molecule has 2 nitrogen and oxygen atoms in total. The molecule has 1 rings (SSSR count). The fourth-order valence-corrected chi connectivity index (χ4v) is 1.84. The third-order valence-electron chi connectivity index (χ3n) is 3.01. The van der Waals surface area contributed by atoms with Gasteiger partial charge in [-0.1, -0.05) is 57.4 Å². The lowest BCUT2D eigenvalue weighted by Gasteiger charge is -2.06. The number of hydrogen-bond acceptors (Lipinski definition) is 2. The third kappa shape index (κ3) is 6.77. The standard InChI is InChI=1S/C16H27NO/c1-3-5-6-7-12-18-14-16-10-8-15(9-11-16)13-17-4-2/h8-11,17H,3-7,12-14H2,1-2H3. The van der Waals surface area contributed by atoms with Crippen molar-refractivity contribution in [2.45, 2.75) is 52.7 Å². The van der Waals surface area contributed by atoms with Crippen LogP contribution in [0.15, 0.2) is 24.3 Å². The molecule has 0 aromatic heterocycles. The molecule has 0 saturated carbocycles. The molecule has 18 heavy (non-hydrogen) atoms. The van der Waals surface area contributed by atoms with Crippen molar-refractivity contribution < 1.29 is 4.74 Å². The van der Waals surface area contributed by atoms with Crippen LogP contribution in [0.5, 0.6) is 0 Å². The smallest absolute Gasteiger partial charge is 0.0716 e. The molecule has 0 heterocycles. The largest absolute Gasteiger partial charge is 0.377 e. The predicted octanol–water partition coefficient (Wildman–Crippen LogP) is 3.89. The number of rotatable bonds is 10. The van der Waals surface area contributed by atoms with Gasteiger partial charge in [-0.2, -0.15) is 0 Å². The van der Waals surface area contributed by atoms with E-state index >= 15 is 0 Å². The van der Waals surface area contributed by atoms with Crippen LogP contribution in [0.4, 0.5) is 0 Å². The van der Waals surface area contributed by atoms with Gasteiger partial charge in [-0.05, 0) is 24.1 Å². The number of unbranched alkanes of at least 4 members (excludes halogenated alkanes) is 3. The molecule has 0 saturated heterocycles. The van der Waals surface area contributed by atoms with E-state index in [1.165, 1.54) is 36.8 Å². The van der Waals surface area contributed by atoms with Gasteiger partial charge in [0.2, 0.25) is 0 Å². The van der Waals surface area contributed by atoms with E-state index in [0.717, 1.165) is 26.3 Å². The molecule has 0 radical (unpaired) electrons. The zero-order valence-electron chi connectivity index (χ0n) is 11.9. The van der Waals surface area contributed by atoms with E-state index in [0.29, 0.717) is 0 Å². The van der Waals surface area contributed by atoms with E-state index in [2.05, 4.69) is 43.4 Å². The summed E-state index contributed by atoms with van der Waals surface area (Å²) >= 11 is 0. The van der Waals surface area contributed by atoms with Gasteiger partial charge in [0.25, 0.3) is 0 Å². The van der Waals surface area contributed by atoms with Crippen LogP contribution in [0.3, 0.4) is 0 Å². The lowest BCUT2D eigenvalue weighted by Crippen LogP contribution is -2.11. The summed E-state index contributed by atoms with van der Waals surface area (Å²) in [6.07, 6.45) is 5.08. The van der Waals surface area contributed by atoms with Crippen molar-refractivity contribution in [3.8, 4) is 0 Å². The maximum atomic E-state index is 5.67. The summed E-state index contributed by atoms with van der Waals surface area (Å²) in [6.45, 7) is 7.96. The number of benzene rings is 1. The minimum absolute atomic E-state index is 0.744. The first kappa shape index (κ1) is 15.2. The first-order chi connectivity index (χ1) is 8.86. The van der Waals surface area contributed by atoms with E-state index < -0.39 is 0 Å². The summed E-state index contributed by atoms with van der Waals surface area (Å²) in [7, 11) is 0. The van der Waals surface area contributed by atoms with E-state index in [1.54, 1.807) is 0 Å². The quantitative estimate of drug-likeness (QED) is 0.635. The molecule has 0 amide bonds. The van der Waals surface area contributed by atoms with Crippen LogP contribution >= 0.6 is 0 Å². The molecule has 0 aliphatic carbocycles. The van der Waals surface area contributed by atoms with Gasteiger partial charge >= 0.3 is 0 Å². The van der Waals surface area contributed by atoms with Gasteiger partial charge in [-0.25, -0.2) is 0 Å². The Labute approximate surface area is 112 Å². The highest BCUT2D eigenvalue weighted by Gasteiger charge is 1.95. The van der Waals surface area contributed by atoms with Crippen molar-refractivity contribution in [3.63, 3.8) is 0 Å². The topological polar surface area (TPSA) is 21.3 Å². The van der Waals surface area contributed by atoms with Crippen LogP contribution in [0, 0.1) is 0 Å². The molecule has 0 bridgehead atoms. The van der Waals surface area contributed by atoms with Crippen molar-refractivity contribution in [3.05, 3.63) is 35.4 Å². The van der Waals surface area contributed by atoms with Crippen molar-refractivity contribution >= 4 is 0 Å². The SMILES string of the molecule is CCCCCCOCc1ccc(CNCC)cc1. The summed E-state index contributed by atoms with van der Waals surface area (Å²) in [6, 6.07) is 8.69. The van der Waals surface area contributed by atoms with Crippen molar-refractivity contribution in [1.29, 1.82) is 0 Å². The van der Waals surface area contributed by atoms with Gasteiger partial charge in [-0.15, -0.1) is 0 Å². The van der Waals surface area contributed by atoms with Crippen LogP contribution in [0.2, 0.25) is 0 Å². The first-order valence-electron chi connectivity index (χ1n) is 7.23. The molecule has 0 atom stereocenters. The number of ether oxygens (including phenoxy) is 1. The normalized spacial score (nSPS) is 10.8. The van der Waals surface area contributed by atoms with E-state index in [9.17, 15) is 0 Å². The molecular formula is C16H27NO. The fraction of sp³-hybridized carbons (Fsp3) is 0.625. The van der Waals surface area contributed by atoms with Crippen LogP contribution in [0.25, 0.3) is 0 Å². The molecule has 1 aromatic rings. The molecule has 1 aromatic carbocycles. The Morgan fingerprint density at radius 3 is 2.33 bits per heavy atom. The summed E-state index contributed by atoms with van der Waals surface area (Å²) in [5.41, 5.74) is 2.61. The molecule has 2 heteroatoms. The van der Waals surface area contributed by atoms with Crippen molar-refractivity contribution in [2.75, 3.05) is 13.2 Å². The fourth-order valence-electron chi connectivity index (χ4n) is 1.84. The van der Waals surface area contributed by atoms with Crippen LogP contribution in [0.1, 0.15) is 50.7 Å². The minimum Gasteiger partial charge on any atom is -0.377 e. The Bertz CT molecular complexity index is 294. The van der Waals surface area contributed by atoms with E-state index in [1.807, 2.05) is 0 Å². The highest BCUT2D eigenvalue weighted by Crippen LogP contribution is 2.07. The highest BCUT2D eigenvalue weighted by atomic mass is 16.5. The summed E-state index contributed by atoms with van der Waals surface area (Å²) in [4.78, 5) is 0. The molecule has 0 spiro atoms. The average Bonchev–Trinajstić information content (AvgIpc) is 2.42. The summed E-state index contributed by atoms with van der Waals surface area (Å²) < 4.78 is 5.67. The number of nitrogens with one attached hydrogen (secondary N) is 1. The zero-order valence-corrected chi connectivity index (χ0v) is 11.9. The molecule has 1 N–H and O–H groups in total. The second-order valence-corrected chi connectivity index (χ2v) is 4.71. The van der Waals surface area contributed by atoms with Gasteiger partial charge < -0.3 is 10.1 Å². The maximum Gasteiger partial charge on any atom is 0.0716 e. The first-order valence-corrected chi connectivity index (χ1v) is 7.23. The van der Waals surface area contributed by atoms with Gasteiger partial charge in [0.05, 0.1) is 6.61 Å². The third-order valence-corrected chi connectivity index (χ3v) is 3.01. The molecule has 0 aliphatic heterocycles. The second-order valence-electron chi connectivity index (χ2n) is 4.71. The Morgan fingerprint density at radius 1 is 0.944 bits per heavy atom. The zero-order chi connectivity index (χ0) is 13.1. The van der Waals surface area contributed by atoms with Gasteiger partial charge in [0.1, 0.15) is 0 Å². The number of hydrogen-bond donors (Lipinski definition) is 1. The Balaban J connectivity index is 2.14. The van der Waals surface area contributed by atoms with E-state index in [-0.39, 0.29) is 0 Å². The lowest BCUT2D eigenvalue weighted by atomic mass is 10.1. The molecule has 0 unspecified atom stereocenters. The Morgan fingerprint density at radius 2 is 1.67 bits per heavy atom. The predicted molar refractivity (Wildman–Crippen MR) is 77.6 cm³/mol. The average molecular weight is 249 g/mol. The highest BCUT2D eigenvalue weighted by molar-refractivity contribution is 5.21. The Kier molecular flexibility index (Phi) is 8.53. The molecule has 0 fully saturated rings. The second kappa shape index (κ2) is 10.1. The Hall–Kier alpha value is -0.860. The van der Waals surface area contributed by atoms with Gasteiger partial charge in [0.15, 0.2) is 0 Å². The molecule has 102 valence electrons. The van der Waals surface area contributed by atoms with Crippen molar-refractivity contribution in [1.82, 2.24) is 5.32 Å². The minimum atomic E-state index is 0.744. The van der Waals surface area contributed by atoms with Gasteiger partial charge in [0, 0.05) is 13.2 Å². The molecule has 0 aliphatic rings. The lowest BCUT2D eigenvalue weighted by molar-refractivity contribution is 0.117. The summed E-state index contributed by atoms with van der Waals surface area (Å²) in [5.74, 6) is 0. The van der Waals surface area contributed by atoms with Gasteiger partial charge in [-0.3, -0.25) is 0 Å². The maximum absolute atomic E-state index is 5.67.